The van der Waals surface area contributed by atoms with E-state index in [0.29, 0.717) is 23.3 Å². The number of hydrogen-bond donors (Lipinski definition) is 2. The lowest BCUT2D eigenvalue weighted by atomic mass is 10.1. The van der Waals surface area contributed by atoms with Crippen LogP contribution in [-0.2, 0) is 13.1 Å². The van der Waals surface area contributed by atoms with Crippen LogP contribution in [0.2, 0.25) is 0 Å². The fraction of sp³-hybridized carbons (Fsp3) is 0.0909. The highest BCUT2D eigenvalue weighted by Crippen LogP contribution is 2.24. The van der Waals surface area contributed by atoms with Crippen LogP contribution >= 0.6 is 24.4 Å². The molecule has 3 aromatic carbocycles. The lowest BCUT2D eigenvalue weighted by Gasteiger charge is -2.26. The summed E-state index contributed by atoms with van der Waals surface area (Å²) in [5.74, 6) is 0. The molecule has 0 fully saturated rings. The third-order valence-corrected chi connectivity index (χ3v) is 4.81. The smallest absolute Gasteiger partial charge is 0.171 e. The van der Waals surface area contributed by atoms with Gasteiger partial charge in [0.15, 0.2) is 10.2 Å². The lowest BCUT2D eigenvalue weighted by Crippen LogP contribution is -2.36. The molecule has 0 saturated carbocycles. The molecule has 3 aromatic rings. The number of anilines is 2. The van der Waals surface area contributed by atoms with Crippen LogP contribution < -0.4 is 21.3 Å². The van der Waals surface area contributed by atoms with Gasteiger partial charge in [-0.1, -0.05) is 60.7 Å². The van der Waals surface area contributed by atoms with E-state index in [1.165, 1.54) is 0 Å². The number of hydrogen-bond acceptors (Lipinski definition) is 2. The summed E-state index contributed by atoms with van der Waals surface area (Å²) in [5, 5.41) is 0.652. The first-order valence-electron chi connectivity index (χ1n) is 8.86. The Bertz CT molecular complexity index is 849. The molecule has 6 heteroatoms. The van der Waals surface area contributed by atoms with Crippen LogP contribution in [-0.4, -0.2) is 10.2 Å². The van der Waals surface area contributed by atoms with Crippen LogP contribution in [0.5, 0.6) is 0 Å². The first-order valence-corrected chi connectivity index (χ1v) is 9.68. The summed E-state index contributed by atoms with van der Waals surface area (Å²) in [5.41, 5.74) is 16.0. The normalized spacial score (nSPS) is 10.3. The SMILES string of the molecule is NC(=S)N(Cc1ccccc1)c1ccc(N(Cc2ccccc2)C(N)=S)cc1. The molecule has 0 unspecified atom stereocenters. The van der Waals surface area contributed by atoms with Crippen LogP contribution in [0.3, 0.4) is 0 Å². The Morgan fingerprint density at radius 1 is 0.571 bits per heavy atom. The molecule has 3 rings (SSSR count). The maximum Gasteiger partial charge on any atom is 0.171 e. The van der Waals surface area contributed by atoms with Crippen molar-refractivity contribution in [2.24, 2.45) is 11.5 Å². The molecule has 4 nitrogen and oxygen atoms in total. The molecule has 0 atom stereocenters. The van der Waals surface area contributed by atoms with Gasteiger partial charge in [-0.05, 0) is 59.8 Å². The van der Waals surface area contributed by atoms with Crippen LogP contribution in [0, 0.1) is 0 Å². The zero-order valence-corrected chi connectivity index (χ0v) is 17.0. The molecule has 0 saturated heterocycles. The first-order chi connectivity index (χ1) is 13.5. The van der Waals surface area contributed by atoms with Crippen molar-refractivity contribution in [1.29, 1.82) is 0 Å². The highest BCUT2D eigenvalue weighted by molar-refractivity contribution is 7.80. The third kappa shape index (κ3) is 5.06. The second-order valence-corrected chi connectivity index (χ2v) is 7.17. The summed E-state index contributed by atoms with van der Waals surface area (Å²) in [4.78, 5) is 3.80. The minimum atomic E-state index is 0.326. The molecular formula is C22H22N4S2. The Hall–Kier alpha value is -2.96. The molecule has 28 heavy (non-hydrogen) atoms. The Labute approximate surface area is 176 Å². The minimum Gasteiger partial charge on any atom is -0.376 e. The molecule has 0 aliphatic heterocycles. The van der Waals surface area contributed by atoms with Crippen molar-refractivity contribution in [2.45, 2.75) is 13.1 Å². The monoisotopic (exact) mass is 406 g/mol. The van der Waals surface area contributed by atoms with Crippen molar-refractivity contribution in [2.75, 3.05) is 9.80 Å². The van der Waals surface area contributed by atoms with Gasteiger partial charge in [-0.3, -0.25) is 0 Å². The predicted molar refractivity (Wildman–Crippen MR) is 125 cm³/mol. The van der Waals surface area contributed by atoms with Crippen LogP contribution in [0.25, 0.3) is 0 Å². The number of benzene rings is 3. The number of thiocarbonyl (C=S) groups is 2. The van der Waals surface area contributed by atoms with E-state index in [-0.39, 0.29) is 0 Å². The highest BCUT2D eigenvalue weighted by atomic mass is 32.1. The van der Waals surface area contributed by atoms with E-state index in [1.54, 1.807) is 0 Å². The van der Waals surface area contributed by atoms with Gasteiger partial charge in [-0.15, -0.1) is 0 Å². The molecule has 0 spiro atoms. The molecule has 4 N–H and O–H groups in total. The van der Waals surface area contributed by atoms with E-state index < -0.39 is 0 Å². The minimum absolute atomic E-state index is 0.326. The third-order valence-electron chi connectivity index (χ3n) is 4.37. The summed E-state index contributed by atoms with van der Waals surface area (Å²) >= 11 is 10.5. The average Bonchev–Trinajstić information content (AvgIpc) is 2.72. The fourth-order valence-corrected chi connectivity index (χ4v) is 3.28. The standard InChI is InChI=1S/C22H22N4S2/c23-21(27)25(15-17-7-3-1-4-8-17)19-11-13-20(14-12-19)26(22(24)28)16-18-9-5-2-6-10-18/h1-14H,15-16H2,(H2,23,27)(H2,24,28). The second kappa shape index (κ2) is 9.30. The number of nitrogens with two attached hydrogens (primary N) is 2. The van der Waals surface area contributed by atoms with Crippen molar-refractivity contribution < 1.29 is 0 Å². The van der Waals surface area contributed by atoms with Gasteiger partial charge >= 0.3 is 0 Å². The van der Waals surface area contributed by atoms with Gasteiger partial charge in [0.05, 0.1) is 13.1 Å². The van der Waals surface area contributed by atoms with Crippen molar-refractivity contribution in [3.05, 3.63) is 96.1 Å². The summed E-state index contributed by atoms with van der Waals surface area (Å²) in [6.07, 6.45) is 0. The van der Waals surface area contributed by atoms with E-state index in [2.05, 4.69) is 0 Å². The van der Waals surface area contributed by atoms with Crippen molar-refractivity contribution >= 4 is 46.0 Å². The molecule has 142 valence electrons. The van der Waals surface area contributed by atoms with Gasteiger partial charge in [0.25, 0.3) is 0 Å². The van der Waals surface area contributed by atoms with Gasteiger partial charge in [-0.25, -0.2) is 0 Å². The molecule has 0 aliphatic rings. The topological polar surface area (TPSA) is 58.5 Å². The quantitative estimate of drug-likeness (QED) is 0.599. The second-order valence-electron chi connectivity index (χ2n) is 6.34. The first kappa shape index (κ1) is 19.8. The van der Waals surface area contributed by atoms with Crippen LogP contribution in [0.1, 0.15) is 11.1 Å². The van der Waals surface area contributed by atoms with Gasteiger partial charge < -0.3 is 21.3 Å². The van der Waals surface area contributed by atoms with Crippen molar-refractivity contribution in [1.82, 2.24) is 0 Å². The van der Waals surface area contributed by atoms with Crippen LogP contribution in [0.15, 0.2) is 84.9 Å². The number of rotatable bonds is 6. The fourth-order valence-electron chi connectivity index (χ4n) is 2.94. The highest BCUT2D eigenvalue weighted by Gasteiger charge is 2.13. The predicted octanol–water partition coefficient (Wildman–Crippen LogP) is 4.19. The zero-order chi connectivity index (χ0) is 19.9. The Balaban J connectivity index is 1.81. The maximum atomic E-state index is 5.97. The molecule has 0 bridgehead atoms. The van der Waals surface area contributed by atoms with Gasteiger partial charge in [0, 0.05) is 11.4 Å². The van der Waals surface area contributed by atoms with E-state index in [4.69, 9.17) is 35.9 Å². The average molecular weight is 407 g/mol. The lowest BCUT2D eigenvalue weighted by molar-refractivity contribution is 0.996. The Morgan fingerprint density at radius 2 is 0.893 bits per heavy atom. The van der Waals surface area contributed by atoms with Gasteiger partial charge in [-0.2, -0.15) is 0 Å². The van der Waals surface area contributed by atoms with Crippen molar-refractivity contribution in [3.63, 3.8) is 0 Å². The summed E-state index contributed by atoms with van der Waals surface area (Å²) < 4.78 is 0. The largest absolute Gasteiger partial charge is 0.376 e. The zero-order valence-electron chi connectivity index (χ0n) is 15.4. The molecule has 0 aromatic heterocycles. The molecular weight excluding hydrogens is 384 g/mol. The van der Waals surface area contributed by atoms with Crippen LogP contribution in [0.4, 0.5) is 11.4 Å². The van der Waals surface area contributed by atoms with E-state index in [0.717, 1.165) is 22.5 Å². The van der Waals surface area contributed by atoms with E-state index in [9.17, 15) is 0 Å². The molecule has 0 heterocycles. The van der Waals surface area contributed by atoms with Gasteiger partial charge in [0.1, 0.15) is 0 Å². The molecule has 0 amide bonds. The molecule has 0 aliphatic carbocycles. The maximum absolute atomic E-state index is 5.97. The Kier molecular flexibility index (Phi) is 6.57. The summed E-state index contributed by atoms with van der Waals surface area (Å²) in [7, 11) is 0. The Morgan fingerprint density at radius 3 is 1.18 bits per heavy atom. The summed E-state index contributed by atoms with van der Waals surface area (Å²) in [6.45, 7) is 1.22. The summed E-state index contributed by atoms with van der Waals surface area (Å²) in [6, 6.07) is 28.1. The number of nitrogens with zero attached hydrogens (tertiary/aromatic N) is 2. The van der Waals surface area contributed by atoms with E-state index in [1.807, 2.05) is 94.7 Å². The van der Waals surface area contributed by atoms with E-state index >= 15 is 0 Å². The molecule has 0 radical (unpaired) electrons. The van der Waals surface area contributed by atoms with Crippen molar-refractivity contribution in [3.8, 4) is 0 Å². The van der Waals surface area contributed by atoms with Gasteiger partial charge in [0.2, 0.25) is 0 Å².